The van der Waals surface area contributed by atoms with Gasteiger partial charge in [-0.3, -0.25) is 4.79 Å². The Kier molecular flexibility index (Phi) is 4.21. The highest BCUT2D eigenvalue weighted by Crippen LogP contribution is 2.47. The maximum atomic E-state index is 12.6. The predicted octanol–water partition coefficient (Wildman–Crippen LogP) is 2.87. The van der Waals surface area contributed by atoms with Gasteiger partial charge in [-0.05, 0) is 30.5 Å². The molecule has 0 spiro atoms. The van der Waals surface area contributed by atoms with Gasteiger partial charge in [-0.1, -0.05) is 18.5 Å². The summed E-state index contributed by atoms with van der Waals surface area (Å²) < 4.78 is 38.7. The molecular weight excluding hydrogens is 380 g/mol. The number of ether oxygens (including phenoxy) is 1. The van der Waals surface area contributed by atoms with Gasteiger partial charge in [-0.2, -0.15) is 0 Å². The van der Waals surface area contributed by atoms with E-state index in [9.17, 15) is 13.2 Å². The second-order valence-electron chi connectivity index (χ2n) is 6.56. The first-order valence-corrected chi connectivity index (χ1v) is 10.0. The van der Waals surface area contributed by atoms with E-state index < -0.39 is 10.0 Å². The number of fused-ring (bicyclic) bond motifs is 1. The summed E-state index contributed by atoms with van der Waals surface area (Å²) in [6.45, 7) is 2.00. The molecule has 2 heterocycles. The smallest absolute Gasteiger partial charge is 0.262 e. The molecule has 1 aromatic carbocycles. The lowest BCUT2D eigenvalue weighted by atomic mass is 10.2. The minimum Gasteiger partial charge on any atom is -0.482 e. The Hall–Kier alpha value is -2.03. The molecule has 2 aromatic rings. The normalized spacial score (nSPS) is 21.7. The quantitative estimate of drug-likeness (QED) is 0.809. The van der Waals surface area contributed by atoms with Crippen LogP contribution >= 0.6 is 11.6 Å². The summed E-state index contributed by atoms with van der Waals surface area (Å²) in [7, 11) is -3.88. The number of furan rings is 1. The molecule has 7 nitrogen and oxygen atoms in total. The molecule has 2 aliphatic rings. The maximum absolute atomic E-state index is 12.6. The van der Waals surface area contributed by atoms with E-state index in [2.05, 4.69) is 17.0 Å². The fourth-order valence-electron chi connectivity index (χ4n) is 2.94. The topological polar surface area (TPSA) is 97.6 Å². The van der Waals surface area contributed by atoms with Crippen molar-refractivity contribution in [2.75, 3.05) is 11.9 Å². The Morgan fingerprint density at radius 1 is 1.35 bits per heavy atom. The van der Waals surface area contributed by atoms with Gasteiger partial charge in [0, 0.05) is 12.0 Å². The lowest BCUT2D eigenvalue weighted by Gasteiger charge is -2.19. The van der Waals surface area contributed by atoms with Gasteiger partial charge in [-0.15, -0.1) is 0 Å². The third kappa shape index (κ3) is 3.32. The van der Waals surface area contributed by atoms with E-state index in [-0.39, 0.29) is 34.7 Å². The summed E-state index contributed by atoms with van der Waals surface area (Å²) in [5.41, 5.74) is 0.347. The van der Waals surface area contributed by atoms with Gasteiger partial charge in [0.2, 0.25) is 10.0 Å². The van der Waals surface area contributed by atoms with E-state index in [1.165, 1.54) is 12.1 Å². The Balaban J connectivity index is 1.51. The zero-order chi connectivity index (χ0) is 18.5. The number of rotatable bonds is 5. The van der Waals surface area contributed by atoms with Crippen molar-refractivity contribution < 1.29 is 22.4 Å². The van der Waals surface area contributed by atoms with Crippen LogP contribution in [0.1, 0.15) is 30.8 Å². The van der Waals surface area contributed by atoms with Crippen LogP contribution < -0.4 is 14.8 Å². The molecule has 2 atom stereocenters. The molecule has 138 valence electrons. The number of hydrogen-bond donors (Lipinski definition) is 2. The zero-order valence-corrected chi connectivity index (χ0v) is 15.5. The lowest BCUT2D eigenvalue weighted by Crippen LogP contribution is -2.27. The van der Waals surface area contributed by atoms with Gasteiger partial charge in [0.05, 0.1) is 17.3 Å². The molecule has 4 rings (SSSR count). The summed E-state index contributed by atoms with van der Waals surface area (Å²) in [5, 5.41) is 2.58. The number of amides is 1. The number of carbonyl (C=O) groups is 1. The number of sulfonamides is 1. The molecule has 9 heteroatoms. The Morgan fingerprint density at radius 2 is 2.12 bits per heavy atom. The monoisotopic (exact) mass is 396 g/mol. The fraction of sp³-hybridized carbons (Fsp3) is 0.353. The standard InChI is InChI=1S/C17H17ClN2O5S/c1-9-4-11(9)14-3-2-10(25-14)7-19-26(22,23)16-6-15-13(5-12(16)18)20-17(21)8-24-15/h2-3,5-6,9,11,19H,4,7-8H2,1H3,(H,20,21)/t9-,11-/m1/s1. The molecule has 2 N–H and O–H groups in total. The molecule has 0 unspecified atom stereocenters. The third-order valence-electron chi connectivity index (χ3n) is 4.55. The van der Waals surface area contributed by atoms with Crippen molar-refractivity contribution in [3.63, 3.8) is 0 Å². The molecule has 1 aromatic heterocycles. The van der Waals surface area contributed by atoms with Gasteiger partial charge in [0.25, 0.3) is 5.91 Å². The van der Waals surface area contributed by atoms with Crippen LogP contribution in [0.3, 0.4) is 0 Å². The number of benzene rings is 1. The summed E-state index contributed by atoms with van der Waals surface area (Å²) in [6.07, 6.45) is 1.10. The van der Waals surface area contributed by atoms with Crippen molar-refractivity contribution in [2.24, 2.45) is 5.92 Å². The van der Waals surface area contributed by atoms with E-state index >= 15 is 0 Å². The average molecular weight is 397 g/mol. The van der Waals surface area contributed by atoms with Crippen LogP contribution in [-0.4, -0.2) is 20.9 Å². The van der Waals surface area contributed by atoms with Crippen LogP contribution in [0.15, 0.2) is 33.6 Å². The lowest BCUT2D eigenvalue weighted by molar-refractivity contribution is -0.118. The van der Waals surface area contributed by atoms with Crippen LogP contribution in [-0.2, 0) is 21.4 Å². The molecule has 1 aliphatic carbocycles. The van der Waals surface area contributed by atoms with Crippen LogP contribution in [0, 0.1) is 5.92 Å². The van der Waals surface area contributed by atoms with Crippen molar-refractivity contribution in [2.45, 2.75) is 30.7 Å². The van der Waals surface area contributed by atoms with E-state index in [0.29, 0.717) is 23.3 Å². The maximum Gasteiger partial charge on any atom is 0.262 e. The van der Waals surface area contributed by atoms with Gasteiger partial charge in [0.15, 0.2) is 6.61 Å². The Labute approximate surface area is 155 Å². The van der Waals surface area contributed by atoms with Gasteiger partial charge >= 0.3 is 0 Å². The first kappa shape index (κ1) is 17.4. The minimum atomic E-state index is -3.88. The molecule has 1 aliphatic heterocycles. The van der Waals surface area contributed by atoms with Crippen molar-refractivity contribution in [3.8, 4) is 5.75 Å². The van der Waals surface area contributed by atoms with Crippen LogP contribution in [0.4, 0.5) is 5.69 Å². The van der Waals surface area contributed by atoms with Crippen molar-refractivity contribution in [1.29, 1.82) is 0 Å². The number of carbonyl (C=O) groups excluding carboxylic acids is 1. The van der Waals surface area contributed by atoms with E-state index in [1.54, 1.807) is 6.07 Å². The number of nitrogens with one attached hydrogen (secondary N) is 2. The van der Waals surface area contributed by atoms with Crippen LogP contribution in [0.25, 0.3) is 0 Å². The number of hydrogen-bond acceptors (Lipinski definition) is 5. The number of halogens is 1. The molecule has 0 radical (unpaired) electrons. The second-order valence-corrected chi connectivity index (χ2v) is 8.71. The molecule has 0 bridgehead atoms. The van der Waals surface area contributed by atoms with Crippen LogP contribution in [0.2, 0.25) is 5.02 Å². The Morgan fingerprint density at radius 3 is 2.85 bits per heavy atom. The van der Waals surface area contributed by atoms with Crippen LogP contribution in [0.5, 0.6) is 5.75 Å². The highest BCUT2D eigenvalue weighted by atomic mass is 35.5. The first-order valence-electron chi connectivity index (χ1n) is 8.18. The molecule has 1 saturated carbocycles. The molecule has 1 amide bonds. The van der Waals surface area contributed by atoms with Crippen molar-refractivity contribution >= 4 is 33.2 Å². The Bertz CT molecular complexity index is 985. The zero-order valence-electron chi connectivity index (χ0n) is 13.9. The summed E-state index contributed by atoms with van der Waals surface area (Å²) in [5.74, 6) is 2.42. The summed E-state index contributed by atoms with van der Waals surface area (Å²) in [4.78, 5) is 11.2. The highest BCUT2D eigenvalue weighted by molar-refractivity contribution is 7.89. The van der Waals surface area contributed by atoms with Crippen molar-refractivity contribution in [1.82, 2.24) is 4.72 Å². The van der Waals surface area contributed by atoms with Gasteiger partial charge in [-0.25, -0.2) is 13.1 Å². The van der Waals surface area contributed by atoms with E-state index in [4.69, 9.17) is 20.8 Å². The van der Waals surface area contributed by atoms with E-state index in [0.717, 1.165) is 12.2 Å². The predicted molar refractivity (Wildman–Crippen MR) is 94.8 cm³/mol. The largest absolute Gasteiger partial charge is 0.482 e. The first-order chi connectivity index (χ1) is 12.3. The molecule has 26 heavy (non-hydrogen) atoms. The second kappa shape index (κ2) is 6.29. The van der Waals surface area contributed by atoms with Gasteiger partial charge in [0.1, 0.15) is 22.2 Å². The van der Waals surface area contributed by atoms with Crippen molar-refractivity contribution in [3.05, 3.63) is 40.8 Å². The minimum absolute atomic E-state index is 0.00557. The summed E-state index contributed by atoms with van der Waals surface area (Å²) >= 11 is 6.10. The summed E-state index contributed by atoms with van der Waals surface area (Å²) in [6, 6.07) is 6.33. The number of anilines is 1. The highest BCUT2D eigenvalue weighted by Gasteiger charge is 2.36. The van der Waals surface area contributed by atoms with Gasteiger partial charge < -0.3 is 14.5 Å². The molecule has 1 fully saturated rings. The SMILES string of the molecule is C[C@@H]1C[C@H]1c1ccc(CNS(=O)(=O)c2cc3c(cc2Cl)NC(=O)CO3)o1. The fourth-order valence-corrected chi connectivity index (χ4v) is 4.47. The third-order valence-corrected chi connectivity index (χ3v) is 6.42. The average Bonchev–Trinajstić information content (AvgIpc) is 3.13. The van der Waals surface area contributed by atoms with E-state index in [1.807, 2.05) is 6.07 Å². The molecular formula is C17H17ClN2O5S. The molecule has 0 saturated heterocycles.